The van der Waals surface area contributed by atoms with Crippen molar-refractivity contribution in [2.45, 2.75) is 44.2 Å². The van der Waals surface area contributed by atoms with Crippen molar-refractivity contribution in [3.63, 3.8) is 0 Å². The van der Waals surface area contributed by atoms with Crippen LogP contribution in [0.15, 0.2) is 24.3 Å². The SMILES string of the molecule is CC(=O)OC1c2ccccc2C2(C)CCN(C)C1C2.Cl. The van der Waals surface area contributed by atoms with E-state index in [4.69, 9.17) is 4.74 Å². The summed E-state index contributed by atoms with van der Waals surface area (Å²) in [6.45, 7) is 4.91. The largest absolute Gasteiger partial charge is 0.456 e. The van der Waals surface area contributed by atoms with Gasteiger partial charge in [0.2, 0.25) is 0 Å². The second-order valence-electron chi connectivity index (χ2n) is 6.18. The Hall–Kier alpha value is -1.06. The first-order valence-corrected chi connectivity index (χ1v) is 6.98. The minimum Gasteiger partial charge on any atom is -0.456 e. The lowest BCUT2D eigenvalue weighted by Crippen LogP contribution is -2.53. The highest BCUT2D eigenvalue weighted by Crippen LogP contribution is 2.49. The number of halogens is 1. The summed E-state index contributed by atoms with van der Waals surface area (Å²) in [4.78, 5) is 13.8. The molecule has 0 amide bonds. The average Bonchev–Trinajstić information content (AvgIpc) is 2.39. The molecule has 1 fully saturated rings. The number of piperidine rings is 1. The van der Waals surface area contributed by atoms with E-state index >= 15 is 0 Å². The monoisotopic (exact) mass is 295 g/mol. The predicted octanol–water partition coefficient (Wildman–Crippen LogP) is 3.08. The number of likely N-dealkylation sites (N-methyl/N-ethyl adjacent to an activating group) is 1. The molecule has 2 bridgehead atoms. The maximum Gasteiger partial charge on any atom is 0.303 e. The highest BCUT2D eigenvalue weighted by Gasteiger charge is 2.47. The summed E-state index contributed by atoms with van der Waals surface area (Å²) in [6.07, 6.45) is 2.12. The molecule has 0 spiro atoms. The van der Waals surface area contributed by atoms with Crippen LogP contribution in [0.3, 0.4) is 0 Å². The number of carbonyl (C=O) groups is 1. The molecule has 1 heterocycles. The fraction of sp³-hybridized carbons (Fsp3) is 0.562. The number of hydrogen-bond acceptors (Lipinski definition) is 3. The lowest BCUT2D eigenvalue weighted by molar-refractivity contribution is -0.153. The summed E-state index contributed by atoms with van der Waals surface area (Å²) < 4.78 is 5.64. The van der Waals surface area contributed by atoms with Gasteiger partial charge in [0.05, 0.1) is 6.04 Å². The molecule has 3 atom stereocenters. The molecule has 1 aromatic rings. The standard InChI is InChI=1S/C16H21NO2.ClH/c1-11(18)19-15-12-6-4-5-7-13(12)16(2)8-9-17(3)14(15)10-16;/h4-7,14-15H,8-10H2,1-3H3;1H. The quantitative estimate of drug-likeness (QED) is 0.746. The van der Waals surface area contributed by atoms with Crippen molar-refractivity contribution in [2.24, 2.45) is 0 Å². The number of fused-ring (bicyclic) bond motifs is 4. The Bertz CT molecular complexity index is 519. The number of esters is 1. The fourth-order valence-corrected chi connectivity index (χ4v) is 3.71. The molecule has 4 heteroatoms. The number of benzene rings is 1. The van der Waals surface area contributed by atoms with Gasteiger partial charge in [-0.2, -0.15) is 0 Å². The molecule has 3 unspecified atom stereocenters. The molecule has 1 aliphatic carbocycles. The predicted molar refractivity (Wildman–Crippen MR) is 81.2 cm³/mol. The number of carbonyl (C=O) groups excluding carboxylic acids is 1. The van der Waals surface area contributed by atoms with Crippen molar-refractivity contribution in [2.75, 3.05) is 13.6 Å². The van der Waals surface area contributed by atoms with Crippen molar-refractivity contribution >= 4 is 18.4 Å². The van der Waals surface area contributed by atoms with Crippen molar-refractivity contribution in [1.29, 1.82) is 0 Å². The lowest BCUT2D eigenvalue weighted by Gasteiger charge is -2.51. The van der Waals surface area contributed by atoms with Gasteiger partial charge in [0.1, 0.15) is 6.10 Å². The van der Waals surface area contributed by atoms with Gasteiger partial charge in [-0.05, 0) is 43.0 Å². The molecular weight excluding hydrogens is 274 g/mol. The Kier molecular flexibility index (Phi) is 4.12. The summed E-state index contributed by atoms with van der Waals surface area (Å²) in [5.74, 6) is -0.192. The Morgan fingerprint density at radius 3 is 2.80 bits per heavy atom. The van der Waals surface area contributed by atoms with E-state index in [1.54, 1.807) is 0 Å². The van der Waals surface area contributed by atoms with Gasteiger partial charge in [0.15, 0.2) is 0 Å². The molecule has 0 N–H and O–H groups in total. The van der Waals surface area contributed by atoms with Crippen LogP contribution in [-0.2, 0) is 14.9 Å². The van der Waals surface area contributed by atoms with E-state index < -0.39 is 0 Å². The zero-order valence-electron chi connectivity index (χ0n) is 12.3. The first kappa shape index (κ1) is 15.3. The van der Waals surface area contributed by atoms with Crippen LogP contribution in [0.1, 0.15) is 43.9 Å². The zero-order chi connectivity index (χ0) is 13.6. The topological polar surface area (TPSA) is 29.5 Å². The molecule has 1 aromatic carbocycles. The highest BCUT2D eigenvalue weighted by atomic mass is 35.5. The van der Waals surface area contributed by atoms with Crippen LogP contribution < -0.4 is 0 Å². The van der Waals surface area contributed by atoms with Crippen LogP contribution in [0, 0.1) is 0 Å². The molecule has 3 nitrogen and oxygen atoms in total. The molecular formula is C16H22ClNO2. The lowest BCUT2D eigenvalue weighted by atomic mass is 9.64. The first-order valence-electron chi connectivity index (χ1n) is 6.98. The van der Waals surface area contributed by atoms with Gasteiger partial charge >= 0.3 is 5.97 Å². The van der Waals surface area contributed by atoms with E-state index in [0.29, 0.717) is 6.04 Å². The minimum atomic E-state index is -0.192. The number of likely N-dealkylation sites (tertiary alicyclic amines) is 1. The highest BCUT2D eigenvalue weighted by molar-refractivity contribution is 5.85. The summed E-state index contributed by atoms with van der Waals surface area (Å²) in [6, 6.07) is 8.75. The van der Waals surface area contributed by atoms with Crippen LogP contribution in [0.25, 0.3) is 0 Å². The van der Waals surface area contributed by atoms with E-state index in [0.717, 1.165) is 13.0 Å². The number of nitrogens with zero attached hydrogens (tertiary/aromatic N) is 1. The molecule has 3 rings (SSSR count). The molecule has 2 aliphatic rings. The van der Waals surface area contributed by atoms with Crippen LogP contribution in [0.4, 0.5) is 0 Å². The molecule has 0 saturated carbocycles. The van der Waals surface area contributed by atoms with Crippen LogP contribution in [0.5, 0.6) is 0 Å². The Morgan fingerprint density at radius 1 is 1.40 bits per heavy atom. The van der Waals surface area contributed by atoms with Crippen molar-refractivity contribution < 1.29 is 9.53 Å². The van der Waals surface area contributed by atoms with E-state index in [9.17, 15) is 4.79 Å². The second-order valence-corrected chi connectivity index (χ2v) is 6.18. The van der Waals surface area contributed by atoms with Gasteiger partial charge in [-0.3, -0.25) is 9.69 Å². The van der Waals surface area contributed by atoms with Gasteiger partial charge < -0.3 is 4.74 Å². The first-order chi connectivity index (χ1) is 9.01. The van der Waals surface area contributed by atoms with Crippen LogP contribution >= 0.6 is 12.4 Å². The number of ether oxygens (including phenoxy) is 1. The smallest absolute Gasteiger partial charge is 0.303 e. The van der Waals surface area contributed by atoms with Crippen molar-refractivity contribution in [3.8, 4) is 0 Å². The van der Waals surface area contributed by atoms with E-state index in [2.05, 4.69) is 37.1 Å². The summed E-state index contributed by atoms with van der Waals surface area (Å²) in [5.41, 5.74) is 2.79. The van der Waals surface area contributed by atoms with Crippen molar-refractivity contribution in [1.82, 2.24) is 4.90 Å². The van der Waals surface area contributed by atoms with Gasteiger partial charge in [-0.15, -0.1) is 12.4 Å². The second kappa shape index (κ2) is 5.38. The van der Waals surface area contributed by atoms with Gasteiger partial charge in [-0.1, -0.05) is 31.2 Å². The maximum absolute atomic E-state index is 11.4. The summed E-state index contributed by atoms with van der Waals surface area (Å²) in [5, 5.41) is 0. The molecule has 20 heavy (non-hydrogen) atoms. The van der Waals surface area contributed by atoms with E-state index in [1.165, 1.54) is 24.5 Å². The third-order valence-electron chi connectivity index (χ3n) is 4.80. The van der Waals surface area contributed by atoms with Gasteiger partial charge in [-0.25, -0.2) is 0 Å². The molecule has 0 radical (unpaired) electrons. The fourth-order valence-electron chi connectivity index (χ4n) is 3.71. The Morgan fingerprint density at radius 2 is 2.10 bits per heavy atom. The molecule has 1 aliphatic heterocycles. The molecule has 1 saturated heterocycles. The Labute approximate surface area is 126 Å². The number of hydrogen-bond donors (Lipinski definition) is 0. The minimum absolute atomic E-state index is 0. The average molecular weight is 296 g/mol. The molecule has 110 valence electrons. The van der Waals surface area contributed by atoms with Gasteiger partial charge in [0, 0.05) is 6.92 Å². The van der Waals surface area contributed by atoms with Gasteiger partial charge in [0.25, 0.3) is 0 Å². The third kappa shape index (κ3) is 2.33. The number of rotatable bonds is 1. The van der Waals surface area contributed by atoms with Crippen molar-refractivity contribution in [3.05, 3.63) is 35.4 Å². The Balaban J connectivity index is 0.00000147. The van der Waals surface area contributed by atoms with E-state index in [1.807, 2.05) is 6.07 Å². The maximum atomic E-state index is 11.4. The van der Waals surface area contributed by atoms with Crippen LogP contribution in [-0.4, -0.2) is 30.5 Å². The summed E-state index contributed by atoms with van der Waals surface area (Å²) in [7, 11) is 2.13. The van der Waals surface area contributed by atoms with E-state index in [-0.39, 0.29) is 29.9 Å². The molecule has 0 aromatic heterocycles. The third-order valence-corrected chi connectivity index (χ3v) is 4.80. The normalized spacial score (nSPS) is 31.9. The zero-order valence-corrected chi connectivity index (χ0v) is 13.1. The van der Waals surface area contributed by atoms with Crippen LogP contribution in [0.2, 0.25) is 0 Å². The summed E-state index contributed by atoms with van der Waals surface area (Å²) >= 11 is 0.